The van der Waals surface area contributed by atoms with Crippen molar-refractivity contribution in [2.75, 3.05) is 0 Å². The van der Waals surface area contributed by atoms with Gasteiger partial charge in [0.2, 0.25) is 5.71 Å². The van der Waals surface area contributed by atoms with Crippen LogP contribution in [0.3, 0.4) is 0 Å². The maximum Gasteiger partial charge on any atom is 0.216 e. The summed E-state index contributed by atoms with van der Waals surface area (Å²) >= 11 is 0. The number of imidazole rings is 1. The van der Waals surface area contributed by atoms with Crippen LogP contribution in [-0.2, 0) is 25.5 Å². The van der Waals surface area contributed by atoms with Crippen LogP contribution in [0.5, 0.6) is 0 Å². The van der Waals surface area contributed by atoms with E-state index in [9.17, 15) is 0 Å². The van der Waals surface area contributed by atoms with Gasteiger partial charge in [0.1, 0.15) is 0 Å². The minimum Gasteiger partial charge on any atom is -0.486 e. The Hall–Kier alpha value is -6.31. The molecule has 0 spiro atoms. The van der Waals surface area contributed by atoms with E-state index in [2.05, 4.69) is 210 Å². The Balaban J connectivity index is 0.000000239. The normalized spacial score (nSPS) is 15.0. The van der Waals surface area contributed by atoms with Crippen molar-refractivity contribution < 1.29 is 24.5 Å². The first-order valence-corrected chi connectivity index (χ1v) is 31.1. The van der Waals surface area contributed by atoms with Crippen LogP contribution in [0.4, 0.5) is 0 Å². The van der Waals surface area contributed by atoms with E-state index in [-0.39, 0.29) is 25.5 Å². The van der Waals surface area contributed by atoms with Crippen LogP contribution in [0.2, 0.25) is 19.6 Å². The number of aromatic nitrogens is 5. The van der Waals surface area contributed by atoms with Gasteiger partial charge in [-0.3, -0.25) is 9.97 Å². The van der Waals surface area contributed by atoms with Gasteiger partial charge >= 0.3 is 0 Å². The van der Waals surface area contributed by atoms with Crippen molar-refractivity contribution in [2.24, 2.45) is 5.92 Å². The van der Waals surface area contributed by atoms with E-state index in [1.54, 1.807) is 0 Å². The van der Waals surface area contributed by atoms with Gasteiger partial charge in [-0.05, 0) is 95.9 Å². The first-order chi connectivity index (χ1) is 36.2. The molecule has 389 valence electrons. The summed E-state index contributed by atoms with van der Waals surface area (Å²) in [6.45, 7) is 20.4. The minimum absolute atomic E-state index is 0. The van der Waals surface area contributed by atoms with Gasteiger partial charge in [-0.25, -0.2) is 4.98 Å². The Morgan fingerprint density at radius 1 is 0.697 bits per heavy atom. The Kier molecular flexibility index (Phi) is 15.3. The topological polar surface area (TPSA) is 69.6 Å². The van der Waals surface area contributed by atoms with Crippen LogP contribution in [0.25, 0.3) is 83.7 Å². The number of benzene rings is 5. The molecule has 5 heterocycles. The largest absolute Gasteiger partial charge is 0.486 e. The first kappa shape index (κ1) is 53.1. The molecular weight excluding hydrogens is 1120 g/mol. The number of fused-ring (bicyclic) bond motifs is 4. The molecule has 76 heavy (non-hydrogen) atoms. The molecule has 0 amide bonds. The molecule has 2 saturated carbocycles. The molecule has 10 aromatic rings. The van der Waals surface area contributed by atoms with Crippen LogP contribution < -0.4 is 5.19 Å². The second-order valence-electron chi connectivity index (χ2n) is 23.6. The van der Waals surface area contributed by atoms with E-state index < -0.39 is 8.07 Å². The van der Waals surface area contributed by atoms with Gasteiger partial charge in [-0.1, -0.05) is 182 Å². The van der Waals surface area contributed by atoms with E-state index >= 15 is 0 Å². The van der Waals surface area contributed by atoms with E-state index in [1.165, 1.54) is 74.1 Å². The summed E-state index contributed by atoms with van der Waals surface area (Å²) in [6, 6.07) is 54.9. The minimum atomic E-state index is -1.26. The van der Waals surface area contributed by atoms with Crippen molar-refractivity contribution in [1.29, 1.82) is 0 Å². The fourth-order valence-corrected chi connectivity index (χ4v) is 12.9. The zero-order chi connectivity index (χ0) is 52.0. The molecule has 2 aliphatic carbocycles. The van der Waals surface area contributed by atoms with Crippen LogP contribution >= 0.6 is 0 Å². The van der Waals surface area contributed by atoms with Gasteiger partial charge in [0.15, 0.2) is 0 Å². The molecule has 12 rings (SSSR count). The zero-order valence-corrected chi connectivity index (χ0v) is 49.2. The van der Waals surface area contributed by atoms with Crippen molar-refractivity contribution in [3.63, 3.8) is 0 Å². The molecule has 1 radical (unpaired) electrons. The quantitative estimate of drug-likeness (QED) is 0.106. The van der Waals surface area contributed by atoms with Gasteiger partial charge in [0, 0.05) is 60.1 Å². The zero-order valence-electron chi connectivity index (χ0n) is 45.9. The van der Waals surface area contributed by atoms with Crippen molar-refractivity contribution >= 4 is 46.4 Å². The molecule has 5 aromatic carbocycles. The number of pyridine rings is 3. The summed E-state index contributed by atoms with van der Waals surface area (Å²) in [4.78, 5) is 20.3. The van der Waals surface area contributed by atoms with Crippen molar-refractivity contribution in [3.8, 4) is 50.6 Å². The summed E-state index contributed by atoms with van der Waals surface area (Å²) in [6.07, 6.45) is 14.1. The molecule has 1 unspecified atom stereocenters. The second-order valence-corrected chi connectivity index (χ2v) is 28.6. The molecular formula is C68H71IrN5OSi-2. The van der Waals surface area contributed by atoms with Gasteiger partial charge in [-0.2, -0.15) is 0 Å². The predicted octanol–water partition coefficient (Wildman–Crippen LogP) is 17.9. The van der Waals surface area contributed by atoms with Gasteiger partial charge in [-0.15, -0.1) is 53.6 Å². The number of furan rings is 1. The maximum absolute atomic E-state index is 6.81. The maximum atomic E-state index is 6.81. The van der Waals surface area contributed by atoms with Gasteiger partial charge in [0.25, 0.3) is 0 Å². The molecule has 0 bridgehead atoms. The molecule has 0 N–H and O–H groups in total. The third-order valence-electron chi connectivity index (χ3n) is 16.2. The molecule has 8 heteroatoms. The number of nitrogens with zero attached hydrogens (tertiary/aromatic N) is 5. The summed E-state index contributed by atoms with van der Waals surface area (Å²) in [5.74, 6) is 2.59. The van der Waals surface area contributed by atoms with Crippen LogP contribution in [-0.4, -0.2) is 32.6 Å². The second kappa shape index (κ2) is 22.0. The molecule has 5 aromatic heterocycles. The Morgan fingerprint density at radius 2 is 1.37 bits per heavy atom. The Bertz CT molecular complexity index is 3570. The van der Waals surface area contributed by atoms with Crippen molar-refractivity contribution in [2.45, 2.75) is 136 Å². The standard InChI is InChI=1S/C48H45N4O.C20H26NSi.Ir/c1-29-26-42-43(31(3)49-29)52(44-39(33-18-9-7-10-19-33)27-35(48(4,5)6)28-40(44)34-20-11-8-12-21-34)46(50-42)38-23-15-22-36-37-24-25-41(51-47(37)53-45(36)38)30(2)32-16-13-14-17-32;1-22(2,3)19-13-14-20(21-15-19)18-11-9-17(10-12-18)16-7-5-4-6-8-16;/h7-12,15,18-22,24-28,30,32H,13-14,16-17H2,1-6H3;9-11,13-16H,4-8H2,1-3H3;/q2*-1;. The first-order valence-electron chi connectivity index (χ1n) is 27.6. The third kappa shape index (κ3) is 10.7. The predicted molar refractivity (Wildman–Crippen MR) is 315 cm³/mol. The number of rotatable bonds is 9. The fraction of sp³-hybridized carbons (Fsp3) is 0.324. The average Bonchev–Trinajstić information content (AvgIpc) is 4.23. The molecule has 1 atom stereocenters. The number of hydrogen-bond acceptors (Lipinski definition) is 5. The number of hydrogen-bond donors (Lipinski definition) is 0. The third-order valence-corrected chi connectivity index (χ3v) is 18.3. The van der Waals surface area contributed by atoms with Crippen LogP contribution in [0.15, 0.2) is 144 Å². The average molecular weight is 1190 g/mol. The fourth-order valence-electron chi connectivity index (χ4n) is 11.8. The van der Waals surface area contributed by atoms with Crippen molar-refractivity contribution in [3.05, 3.63) is 180 Å². The SMILES string of the molecule is C[Si](C)(C)c1ccc(-c2[c-]cc(C3CCCCC3)cc2)nc1.Cc1cc2nc(-c3[c-]ccc4c3oc3nc(C(C)C5CCCC5)ccc34)n(-c3c(-c4ccccc4)cc(C(C)(C)C)cc3-c3ccccc3)c2c(C)n1.[Ir]. The smallest absolute Gasteiger partial charge is 0.216 e. The monoisotopic (exact) mass is 1190 g/mol. The van der Waals surface area contributed by atoms with Crippen LogP contribution in [0, 0.1) is 31.9 Å². The van der Waals surface area contributed by atoms with Gasteiger partial charge < -0.3 is 14.0 Å². The van der Waals surface area contributed by atoms with Crippen LogP contribution in [0.1, 0.15) is 126 Å². The molecule has 2 aliphatic rings. The molecule has 0 saturated heterocycles. The number of aryl methyl sites for hydroxylation is 2. The van der Waals surface area contributed by atoms with Crippen molar-refractivity contribution in [1.82, 2.24) is 24.5 Å². The van der Waals surface area contributed by atoms with Gasteiger partial charge in [0.05, 0.1) is 41.9 Å². The van der Waals surface area contributed by atoms with E-state index in [4.69, 9.17) is 19.4 Å². The summed E-state index contributed by atoms with van der Waals surface area (Å²) in [5.41, 5.74) is 17.4. The molecule has 6 nitrogen and oxygen atoms in total. The summed E-state index contributed by atoms with van der Waals surface area (Å²) in [7, 11) is -1.26. The van der Waals surface area contributed by atoms with E-state index in [0.717, 1.165) is 101 Å². The Morgan fingerprint density at radius 3 is 1.97 bits per heavy atom. The van der Waals surface area contributed by atoms with E-state index in [0.29, 0.717) is 17.5 Å². The molecule has 2 fully saturated rings. The summed E-state index contributed by atoms with van der Waals surface area (Å²) < 4.78 is 9.14. The van der Waals surface area contributed by atoms with E-state index in [1.807, 2.05) is 13.0 Å². The Labute approximate surface area is 465 Å². The molecule has 0 aliphatic heterocycles. The summed E-state index contributed by atoms with van der Waals surface area (Å²) in [5, 5.41) is 3.44.